The quantitative estimate of drug-likeness (QED) is 0.851. The van der Waals surface area contributed by atoms with E-state index in [0.29, 0.717) is 19.6 Å². The highest BCUT2D eigenvalue weighted by atomic mass is 35.5. The van der Waals surface area contributed by atoms with Crippen LogP contribution in [0.4, 0.5) is 4.39 Å². The SMILES string of the molecule is Cl.NC(CC(=O)N1CCN(Cc2cccc(F)c2)C(=O)C1)c1ccccc1. The second-order valence-electron chi connectivity index (χ2n) is 6.48. The van der Waals surface area contributed by atoms with Crippen LogP contribution in [0.5, 0.6) is 0 Å². The van der Waals surface area contributed by atoms with E-state index in [4.69, 9.17) is 5.73 Å². The molecule has 7 heteroatoms. The highest BCUT2D eigenvalue weighted by Gasteiger charge is 2.28. The first-order chi connectivity index (χ1) is 12.5. The first-order valence-corrected chi connectivity index (χ1v) is 8.63. The molecular weight excluding hydrogens is 369 g/mol. The maximum absolute atomic E-state index is 13.3. The number of piperazine rings is 1. The lowest BCUT2D eigenvalue weighted by Gasteiger charge is -2.35. The van der Waals surface area contributed by atoms with Crippen molar-refractivity contribution in [1.82, 2.24) is 9.80 Å². The molecule has 1 unspecified atom stereocenters. The molecule has 0 aliphatic carbocycles. The Bertz CT molecular complexity index is 788. The molecule has 2 amide bonds. The van der Waals surface area contributed by atoms with Crippen molar-refractivity contribution in [2.45, 2.75) is 19.0 Å². The van der Waals surface area contributed by atoms with Crippen LogP contribution in [0.2, 0.25) is 0 Å². The van der Waals surface area contributed by atoms with Crippen LogP contribution >= 0.6 is 12.4 Å². The number of hydrogen-bond acceptors (Lipinski definition) is 3. The van der Waals surface area contributed by atoms with Gasteiger partial charge >= 0.3 is 0 Å². The summed E-state index contributed by atoms with van der Waals surface area (Å²) in [6, 6.07) is 15.3. The molecule has 2 N–H and O–H groups in total. The average molecular weight is 392 g/mol. The number of halogens is 2. The van der Waals surface area contributed by atoms with Gasteiger partial charge in [0.1, 0.15) is 5.82 Å². The highest BCUT2D eigenvalue weighted by molar-refractivity contribution is 5.86. The van der Waals surface area contributed by atoms with Crippen LogP contribution in [0.25, 0.3) is 0 Å². The molecule has 144 valence electrons. The molecule has 1 fully saturated rings. The monoisotopic (exact) mass is 391 g/mol. The summed E-state index contributed by atoms with van der Waals surface area (Å²) < 4.78 is 13.3. The molecule has 1 aliphatic rings. The number of nitrogens with two attached hydrogens (primary N) is 1. The summed E-state index contributed by atoms with van der Waals surface area (Å²) in [6.45, 7) is 1.28. The Balaban J connectivity index is 0.00000261. The second kappa shape index (κ2) is 9.48. The Hall–Kier alpha value is -2.44. The molecule has 1 saturated heterocycles. The molecule has 1 heterocycles. The molecule has 0 spiro atoms. The van der Waals surface area contributed by atoms with Crippen molar-refractivity contribution < 1.29 is 14.0 Å². The van der Waals surface area contributed by atoms with Crippen LogP contribution in [0, 0.1) is 5.82 Å². The van der Waals surface area contributed by atoms with Crippen molar-refractivity contribution in [2.75, 3.05) is 19.6 Å². The summed E-state index contributed by atoms with van der Waals surface area (Å²) in [5, 5.41) is 0. The Kier molecular flexibility index (Phi) is 7.33. The molecule has 3 rings (SSSR count). The van der Waals surface area contributed by atoms with Crippen LogP contribution in [0.3, 0.4) is 0 Å². The van der Waals surface area contributed by atoms with E-state index in [0.717, 1.165) is 11.1 Å². The number of nitrogens with zero attached hydrogens (tertiary/aromatic N) is 2. The first kappa shape index (κ1) is 20.9. The maximum Gasteiger partial charge on any atom is 0.242 e. The normalized spacial score (nSPS) is 15.3. The smallest absolute Gasteiger partial charge is 0.242 e. The fourth-order valence-corrected chi connectivity index (χ4v) is 3.08. The lowest BCUT2D eigenvalue weighted by Crippen LogP contribution is -2.52. The van der Waals surface area contributed by atoms with Gasteiger partial charge in [-0.25, -0.2) is 4.39 Å². The largest absolute Gasteiger partial charge is 0.335 e. The van der Waals surface area contributed by atoms with Crippen LogP contribution in [-0.4, -0.2) is 41.2 Å². The van der Waals surface area contributed by atoms with Crippen LogP contribution in [0.1, 0.15) is 23.6 Å². The fraction of sp³-hybridized carbons (Fsp3) is 0.300. The van der Waals surface area contributed by atoms with Crippen molar-refractivity contribution in [1.29, 1.82) is 0 Å². The van der Waals surface area contributed by atoms with Crippen LogP contribution in [0.15, 0.2) is 54.6 Å². The van der Waals surface area contributed by atoms with E-state index < -0.39 is 0 Å². The molecule has 1 aliphatic heterocycles. The Morgan fingerprint density at radius 3 is 2.52 bits per heavy atom. The Morgan fingerprint density at radius 1 is 1.11 bits per heavy atom. The Labute approximate surface area is 164 Å². The lowest BCUT2D eigenvalue weighted by molar-refractivity contribution is -0.145. The molecule has 0 saturated carbocycles. The molecule has 5 nitrogen and oxygen atoms in total. The van der Waals surface area contributed by atoms with Crippen molar-refractivity contribution >= 4 is 24.2 Å². The first-order valence-electron chi connectivity index (χ1n) is 8.63. The van der Waals surface area contributed by atoms with E-state index in [1.54, 1.807) is 21.9 Å². The standard InChI is InChI=1S/C20H22FN3O2.ClH/c21-17-8-4-5-15(11-17)13-23-9-10-24(14-20(23)26)19(25)12-18(22)16-6-2-1-3-7-16;/h1-8,11,18H,9-10,12-14,22H2;1H. The zero-order chi connectivity index (χ0) is 18.5. The van der Waals surface area contributed by atoms with Gasteiger partial charge in [-0.1, -0.05) is 42.5 Å². The van der Waals surface area contributed by atoms with Crippen LogP contribution < -0.4 is 5.73 Å². The minimum Gasteiger partial charge on any atom is -0.335 e. The fourth-order valence-electron chi connectivity index (χ4n) is 3.08. The van der Waals surface area contributed by atoms with E-state index in [1.165, 1.54) is 12.1 Å². The third kappa shape index (κ3) is 5.52. The van der Waals surface area contributed by atoms with Gasteiger partial charge in [-0.2, -0.15) is 0 Å². The summed E-state index contributed by atoms with van der Waals surface area (Å²) in [5.74, 6) is -0.582. The van der Waals surface area contributed by atoms with E-state index in [1.807, 2.05) is 30.3 Å². The van der Waals surface area contributed by atoms with E-state index in [-0.39, 0.29) is 49.0 Å². The number of hydrogen-bond donors (Lipinski definition) is 1. The third-order valence-corrected chi connectivity index (χ3v) is 4.56. The van der Waals surface area contributed by atoms with Gasteiger partial charge in [0.25, 0.3) is 0 Å². The molecule has 0 aromatic heterocycles. The van der Waals surface area contributed by atoms with E-state index in [9.17, 15) is 14.0 Å². The Morgan fingerprint density at radius 2 is 1.85 bits per heavy atom. The molecule has 1 atom stereocenters. The summed E-state index contributed by atoms with van der Waals surface area (Å²) >= 11 is 0. The highest BCUT2D eigenvalue weighted by Crippen LogP contribution is 2.17. The number of amides is 2. The van der Waals surface area contributed by atoms with Gasteiger partial charge in [-0.15, -0.1) is 12.4 Å². The second-order valence-corrected chi connectivity index (χ2v) is 6.48. The summed E-state index contributed by atoms with van der Waals surface area (Å²) in [6.07, 6.45) is 0.168. The maximum atomic E-state index is 13.3. The summed E-state index contributed by atoms with van der Waals surface area (Å²) in [4.78, 5) is 28.0. The van der Waals surface area contributed by atoms with Gasteiger partial charge in [0.05, 0.1) is 6.54 Å². The van der Waals surface area contributed by atoms with E-state index >= 15 is 0 Å². The zero-order valence-electron chi connectivity index (χ0n) is 14.9. The van der Waals surface area contributed by atoms with Gasteiger partial charge in [0.15, 0.2) is 0 Å². The summed E-state index contributed by atoms with van der Waals surface area (Å²) in [5.41, 5.74) is 7.74. The molecular formula is C20H23ClFN3O2. The van der Waals surface area contributed by atoms with Gasteiger partial charge in [0, 0.05) is 32.1 Å². The zero-order valence-corrected chi connectivity index (χ0v) is 15.7. The minimum absolute atomic E-state index is 0. The molecule has 27 heavy (non-hydrogen) atoms. The predicted octanol–water partition coefficient (Wildman–Crippen LogP) is 2.51. The van der Waals surface area contributed by atoms with Crippen molar-refractivity contribution in [2.24, 2.45) is 5.73 Å². The predicted molar refractivity (Wildman–Crippen MR) is 104 cm³/mol. The number of benzene rings is 2. The number of carbonyl (C=O) groups is 2. The lowest BCUT2D eigenvalue weighted by atomic mass is 10.0. The van der Waals surface area contributed by atoms with Crippen molar-refractivity contribution in [3.8, 4) is 0 Å². The molecule has 2 aromatic rings. The van der Waals surface area contributed by atoms with Gasteiger partial charge in [-0.3, -0.25) is 9.59 Å². The van der Waals surface area contributed by atoms with Gasteiger partial charge in [-0.05, 0) is 23.3 Å². The number of carbonyl (C=O) groups excluding carboxylic acids is 2. The number of rotatable bonds is 5. The van der Waals surface area contributed by atoms with E-state index in [2.05, 4.69) is 0 Å². The minimum atomic E-state index is -0.385. The average Bonchev–Trinajstić information content (AvgIpc) is 2.64. The summed E-state index contributed by atoms with van der Waals surface area (Å²) in [7, 11) is 0. The molecule has 0 radical (unpaired) electrons. The van der Waals surface area contributed by atoms with Crippen molar-refractivity contribution in [3.63, 3.8) is 0 Å². The van der Waals surface area contributed by atoms with Gasteiger partial charge < -0.3 is 15.5 Å². The van der Waals surface area contributed by atoms with Crippen molar-refractivity contribution in [3.05, 3.63) is 71.5 Å². The van der Waals surface area contributed by atoms with Gasteiger partial charge in [0.2, 0.25) is 11.8 Å². The molecule has 0 bridgehead atoms. The molecule has 2 aromatic carbocycles. The van der Waals surface area contributed by atoms with Crippen LogP contribution in [-0.2, 0) is 16.1 Å². The third-order valence-electron chi connectivity index (χ3n) is 4.56. The topological polar surface area (TPSA) is 66.6 Å².